The van der Waals surface area contributed by atoms with Gasteiger partial charge in [0.05, 0.1) is 17.1 Å². The van der Waals surface area contributed by atoms with Gasteiger partial charge in [-0.3, -0.25) is 19.7 Å². The first-order chi connectivity index (χ1) is 12.1. The molecule has 0 N–H and O–H groups in total. The Morgan fingerprint density at radius 1 is 1.15 bits per heavy atom. The van der Waals surface area contributed by atoms with Gasteiger partial charge < -0.3 is 9.47 Å². The third-order valence-corrected chi connectivity index (χ3v) is 4.30. The largest absolute Gasteiger partial charge is 0.462 e. The smallest absolute Gasteiger partial charge is 0.328 e. The summed E-state index contributed by atoms with van der Waals surface area (Å²) in [5, 5.41) is 10.8. The predicted molar refractivity (Wildman–Crippen MR) is 92.1 cm³/mol. The van der Waals surface area contributed by atoms with Crippen molar-refractivity contribution in [1.82, 2.24) is 0 Å². The summed E-state index contributed by atoms with van der Waals surface area (Å²) in [4.78, 5) is 35.3. The molecule has 0 aliphatic rings. The number of hydrogen-bond acceptors (Lipinski definition) is 6. The number of nitro benzene ring substituents is 1. The van der Waals surface area contributed by atoms with Crippen LogP contribution in [-0.4, -0.2) is 29.1 Å². The Morgan fingerprint density at radius 2 is 1.62 bits per heavy atom. The molecule has 0 aliphatic heterocycles. The van der Waals surface area contributed by atoms with Crippen molar-refractivity contribution in [1.29, 1.82) is 0 Å². The molecule has 1 rings (SSSR count). The molecule has 26 heavy (non-hydrogen) atoms. The normalized spacial score (nSPS) is 15.5. The maximum atomic E-state index is 14.1. The van der Waals surface area contributed by atoms with Gasteiger partial charge in [0, 0.05) is 6.07 Å². The second kappa shape index (κ2) is 8.73. The summed E-state index contributed by atoms with van der Waals surface area (Å²) in [6.45, 7) is 8.20. The van der Waals surface area contributed by atoms with Gasteiger partial charge in [0.2, 0.25) is 5.82 Å². The van der Waals surface area contributed by atoms with Gasteiger partial charge in [-0.15, -0.1) is 0 Å². The van der Waals surface area contributed by atoms with Gasteiger partial charge in [0.1, 0.15) is 0 Å². The molecule has 0 bridgehead atoms. The lowest BCUT2D eigenvalue weighted by Gasteiger charge is -2.28. The summed E-state index contributed by atoms with van der Waals surface area (Å²) in [5.74, 6) is -2.94. The molecule has 1 aromatic rings. The first kappa shape index (κ1) is 21.5. The number of benzene rings is 1. The Kier molecular flexibility index (Phi) is 7.23. The van der Waals surface area contributed by atoms with E-state index < -0.39 is 46.0 Å². The van der Waals surface area contributed by atoms with Crippen molar-refractivity contribution in [2.45, 2.75) is 65.1 Å². The molecule has 0 fully saturated rings. The van der Waals surface area contributed by atoms with Crippen LogP contribution in [0.15, 0.2) is 18.2 Å². The first-order valence-electron chi connectivity index (χ1n) is 8.44. The zero-order chi connectivity index (χ0) is 20.1. The van der Waals surface area contributed by atoms with Crippen molar-refractivity contribution in [2.24, 2.45) is 0 Å². The molecule has 0 saturated carbocycles. The van der Waals surface area contributed by atoms with Crippen molar-refractivity contribution in [3.63, 3.8) is 0 Å². The fraction of sp³-hybridized carbons (Fsp3) is 0.556. The molecule has 0 spiro atoms. The minimum atomic E-state index is -1.94. The van der Waals surface area contributed by atoms with E-state index in [0.717, 1.165) is 18.2 Å². The van der Waals surface area contributed by atoms with Crippen LogP contribution in [0, 0.1) is 15.9 Å². The summed E-state index contributed by atoms with van der Waals surface area (Å²) in [5.41, 5.74) is -2.76. The zero-order valence-electron chi connectivity index (χ0n) is 15.6. The van der Waals surface area contributed by atoms with E-state index in [2.05, 4.69) is 0 Å². The highest BCUT2D eigenvalue weighted by atomic mass is 19.1. The second-order valence-corrected chi connectivity index (χ2v) is 6.30. The van der Waals surface area contributed by atoms with E-state index in [1.54, 1.807) is 27.7 Å². The van der Waals surface area contributed by atoms with E-state index in [9.17, 15) is 24.1 Å². The van der Waals surface area contributed by atoms with Crippen LogP contribution in [0.2, 0.25) is 0 Å². The highest BCUT2D eigenvalue weighted by Crippen LogP contribution is 2.31. The number of carbonyl (C=O) groups excluding carboxylic acids is 2. The van der Waals surface area contributed by atoms with Crippen molar-refractivity contribution in [3.8, 4) is 0 Å². The maximum Gasteiger partial charge on any atom is 0.328 e. The Bertz CT molecular complexity index is 666. The van der Waals surface area contributed by atoms with Crippen molar-refractivity contribution in [2.75, 3.05) is 0 Å². The SMILES string of the molecule is CCC(C)OC(=O)C(C)(C(=O)OC(C)CC)c1ccc([N+](=O)[O-])c(F)c1. The molecule has 7 nitrogen and oxygen atoms in total. The molecule has 0 amide bonds. The predicted octanol–water partition coefficient (Wildman–Crippen LogP) is 3.68. The topological polar surface area (TPSA) is 95.7 Å². The van der Waals surface area contributed by atoms with Crippen LogP contribution in [0.1, 0.15) is 53.0 Å². The third-order valence-electron chi connectivity index (χ3n) is 4.30. The van der Waals surface area contributed by atoms with Gasteiger partial charge in [0.15, 0.2) is 5.41 Å². The van der Waals surface area contributed by atoms with Crippen LogP contribution in [0.4, 0.5) is 10.1 Å². The Balaban J connectivity index is 3.39. The van der Waals surface area contributed by atoms with Crippen molar-refractivity contribution in [3.05, 3.63) is 39.7 Å². The van der Waals surface area contributed by atoms with Crippen LogP contribution in [0.25, 0.3) is 0 Å². The lowest BCUT2D eigenvalue weighted by atomic mass is 9.82. The molecule has 2 atom stereocenters. The summed E-state index contributed by atoms with van der Waals surface area (Å²) < 4.78 is 24.6. The summed E-state index contributed by atoms with van der Waals surface area (Å²) in [7, 11) is 0. The van der Waals surface area contributed by atoms with Crippen LogP contribution in [-0.2, 0) is 24.5 Å². The summed E-state index contributed by atoms with van der Waals surface area (Å²) >= 11 is 0. The highest BCUT2D eigenvalue weighted by molar-refractivity contribution is 6.06. The van der Waals surface area contributed by atoms with Crippen molar-refractivity contribution < 1.29 is 28.4 Å². The third kappa shape index (κ3) is 4.56. The lowest BCUT2D eigenvalue weighted by Crippen LogP contribution is -2.45. The molecule has 1 aromatic carbocycles. The van der Waals surface area contributed by atoms with Gasteiger partial charge in [-0.25, -0.2) is 0 Å². The molecule has 2 unspecified atom stereocenters. The van der Waals surface area contributed by atoms with Crippen LogP contribution in [0.5, 0.6) is 0 Å². The first-order valence-corrected chi connectivity index (χ1v) is 8.44. The van der Waals surface area contributed by atoms with E-state index in [-0.39, 0.29) is 5.56 Å². The molecule has 0 aliphatic carbocycles. The summed E-state index contributed by atoms with van der Waals surface area (Å²) in [6.07, 6.45) is 0.135. The van der Waals surface area contributed by atoms with Gasteiger partial charge >= 0.3 is 17.6 Å². The molecule has 0 aromatic heterocycles. The minimum absolute atomic E-state index is 0.0674. The van der Waals surface area contributed by atoms with Gasteiger partial charge in [0.25, 0.3) is 0 Å². The number of halogens is 1. The second-order valence-electron chi connectivity index (χ2n) is 6.30. The molecule has 144 valence electrons. The number of nitro groups is 1. The monoisotopic (exact) mass is 369 g/mol. The highest BCUT2D eigenvalue weighted by Gasteiger charge is 2.47. The summed E-state index contributed by atoms with van der Waals surface area (Å²) in [6, 6.07) is 2.88. The number of rotatable bonds is 8. The molecule has 0 heterocycles. The van der Waals surface area contributed by atoms with Crippen LogP contribution in [0.3, 0.4) is 0 Å². The minimum Gasteiger partial charge on any atom is -0.462 e. The van der Waals surface area contributed by atoms with E-state index in [0.29, 0.717) is 12.8 Å². The Hall–Kier alpha value is -2.51. The fourth-order valence-electron chi connectivity index (χ4n) is 2.05. The zero-order valence-corrected chi connectivity index (χ0v) is 15.6. The van der Waals surface area contributed by atoms with Gasteiger partial charge in [-0.05, 0) is 45.2 Å². The van der Waals surface area contributed by atoms with Crippen LogP contribution >= 0.6 is 0 Å². The number of hydrogen-bond donors (Lipinski definition) is 0. The number of carbonyl (C=O) groups is 2. The quantitative estimate of drug-likeness (QED) is 0.300. The number of ether oxygens (including phenoxy) is 2. The number of esters is 2. The van der Waals surface area contributed by atoms with E-state index in [4.69, 9.17) is 9.47 Å². The van der Waals surface area contributed by atoms with E-state index >= 15 is 0 Å². The van der Waals surface area contributed by atoms with Gasteiger partial charge in [-0.1, -0.05) is 19.9 Å². The molecule has 0 radical (unpaired) electrons. The Morgan fingerprint density at radius 3 is 1.96 bits per heavy atom. The van der Waals surface area contributed by atoms with Gasteiger partial charge in [-0.2, -0.15) is 4.39 Å². The molecular formula is C18H24FNO6. The average Bonchev–Trinajstić information content (AvgIpc) is 2.59. The Labute approximate surface area is 151 Å². The average molecular weight is 369 g/mol. The molecule has 8 heteroatoms. The molecular weight excluding hydrogens is 345 g/mol. The molecule has 0 saturated heterocycles. The van der Waals surface area contributed by atoms with E-state index in [1.807, 2.05) is 0 Å². The lowest BCUT2D eigenvalue weighted by molar-refractivity contribution is -0.387. The fourth-order valence-corrected chi connectivity index (χ4v) is 2.05. The standard InChI is InChI=1S/C18H24FNO6/c1-6-11(3)25-16(21)18(5,17(22)26-12(4)7-2)13-8-9-15(20(23)24)14(19)10-13/h8-12H,6-7H2,1-5H3. The number of nitrogens with zero attached hydrogens (tertiary/aromatic N) is 1. The van der Waals surface area contributed by atoms with E-state index in [1.165, 1.54) is 6.92 Å². The maximum absolute atomic E-state index is 14.1. The van der Waals surface area contributed by atoms with Crippen molar-refractivity contribution >= 4 is 17.6 Å². The van der Waals surface area contributed by atoms with Crippen LogP contribution < -0.4 is 0 Å².